The second-order valence-electron chi connectivity index (χ2n) is 7.50. The van der Waals surface area contributed by atoms with Crippen LogP contribution >= 0.6 is 0 Å². The molecule has 0 aliphatic carbocycles. The highest BCUT2D eigenvalue weighted by Gasteiger charge is 2.31. The SMILES string of the molecule is Cc1cccc(C)c1N=CN1c2ccccc2-n2cccc2C1c1ccccc1. The molecule has 5 rings (SSSR count). The van der Waals surface area contributed by atoms with Gasteiger partial charge in [0.05, 0.1) is 29.1 Å². The number of para-hydroxylation sites is 3. The van der Waals surface area contributed by atoms with Gasteiger partial charge in [-0.3, -0.25) is 0 Å². The van der Waals surface area contributed by atoms with Crippen LogP contribution in [-0.2, 0) is 0 Å². The number of benzene rings is 3. The number of hydrogen-bond donors (Lipinski definition) is 0. The minimum absolute atomic E-state index is 0.0641. The zero-order valence-electron chi connectivity index (χ0n) is 16.7. The van der Waals surface area contributed by atoms with Gasteiger partial charge in [0.25, 0.3) is 0 Å². The summed E-state index contributed by atoms with van der Waals surface area (Å²) in [5.74, 6) is 0. The molecular weight excluding hydrogens is 354 g/mol. The molecule has 1 aromatic heterocycles. The van der Waals surface area contributed by atoms with Crippen LogP contribution in [0.5, 0.6) is 0 Å². The molecule has 3 aromatic carbocycles. The van der Waals surface area contributed by atoms with Gasteiger partial charge in [0.1, 0.15) is 6.04 Å². The number of aliphatic imine (C=N–C) groups is 1. The molecule has 2 heterocycles. The summed E-state index contributed by atoms with van der Waals surface area (Å²) >= 11 is 0. The maximum atomic E-state index is 4.95. The van der Waals surface area contributed by atoms with Gasteiger partial charge >= 0.3 is 0 Å². The summed E-state index contributed by atoms with van der Waals surface area (Å²) in [7, 11) is 0. The number of anilines is 1. The summed E-state index contributed by atoms with van der Waals surface area (Å²) in [6, 6.07) is 29.9. The van der Waals surface area contributed by atoms with E-state index in [1.54, 1.807) is 0 Å². The maximum Gasteiger partial charge on any atom is 0.101 e. The lowest BCUT2D eigenvalue weighted by atomic mass is 9.98. The van der Waals surface area contributed by atoms with Gasteiger partial charge in [0, 0.05) is 6.20 Å². The smallest absolute Gasteiger partial charge is 0.101 e. The van der Waals surface area contributed by atoms with Crippen molar-refractivity contribution >= 4 is 17.7 Å². The predicted octanol–water partition coefficient (Wildman–Crippen LogP) is 6.36. The van der Waals surface area contributed by atoms with Crippen molar-refractivity contribution in [3.8, 4) is 5.69 Å². The molecule has 0 bridgehead atoms. The molecule has 1 aliphatic heterocycles. The van der Waals surface area contributed by atoms with Crippen molar-refractivity contribution in [2.75, 3.05) is 4.90 Å². The molecule has 0 saturated carbocycles. The largest absolute Gasteiger partial charge is 0.317 e. The fraction of sp³-hybridized carbons (Fsp3) is 0.115. The Balaban J connectivity index is 1.70. The Hall–Kier alpha value is -3.59. The second-order valence-corrected chi connectivity index (χ2v) is 7.50. The van der Waals surface area contributed by atoms with Gasteiger partial charge in [-0.25, -0.2) is 4.99 Å². The summed E-state index contributed by atoms with van der Waals surface area (Å²) in [6.45, 7) is 4.23. The number of fused-ring (bicyclic) bond motifs is 3. The Morgan fingerprint density at radius 2 is 1.41 bits per heavy atom. The summed E-state index contributed by atoms with van der Waals surface area (Å²) < 4.78 is 2.29. The Kier molecular flexibility index (Phi) is 4.28. The van der Waals surface area contributed by atoms with E-state index < -0.39 is 0 Å². The Bertz CT molecular complexity index is 1170. The maximum absolute atomic E-state index is 4.95. The molecule has 0 spiro atoms. The minimum Gasteiger partial charge on any atom is -0.317 e. The van der Waals surface area contributed by atoms with Crippen LogP contribution in [0, 0.1) is 13.8 Å². The van der Waals surface area contributed by atoms with Crippen molar-refractivity contribution in [1.82, 2.24) is 4.57 Å². The molecule has 0 N–H and O–H groups in total. The highest BCUT2D eigenvalue weighted by Crippen LogP contribution is 2.41. The Morgan fingerprint density at radius 1 is 0.724 bits per heavy atom. The van der Waals surface area contributed by atoms with E-state index in [0.717, 1.165) is 11.4 Å². The van der Waals surface area contributed by atoms with Gasteiger partial charge in [0.2, 0.25) is 0 Å². The highest BCUT2D eigenvalue weighted by atomic mass is 15.3. The molecule has 3 nitrogen and oxygen atoms in total. The first kappa shape index (κ1) is 17.5. The van der Waals surface area contributed by atoms with Crippen molar-refractivity contribution in [3.05, 3.63) is 114 Å². The fourth-order valence-electron chi connectivity index (χ4n) is 4.23. The van der Waals surface area contributed by atoms with Crippen molar-refractivity contribution in [1.29, 1.82) is 0 Å². The first-order valence-electron chi connectivity index (χ1n) is 9.94. The van der Waals surface area contributed by atoms with Crippen LogP contribution in [-0.4, -0.2) is 10.9 Å². The van der Waals surface area contributed by atoms with E-state index >= 15 is 0 Å². The lowest BCUT2D eigenvalue weighted by molar-refractivity contribution is 0.749. The van der Waals surface area contributed by atoms with E-state index in [9.17, 15) is 0 Å². The summed E-state index contributed by atoms with van der Waals surface area (Å²) in [5.41, 5.74) is 8.22. The second kappa shape index (κ2) is 7.10. The number of nitrogens with zero attached hydrogens (tertiary/aromatic N) is 3. The molecule has 1 atom stereocenters. The molecule has 1 aliphatic rings. The summed E-state index contributed by atoms with van der Waals surface area (Å²) in [6.07, 6.45) is 4.15. The van der Waals surface area contributed by atoms with Crippen molar-refractivity contribution in [3.63, 3.8) is 0 Å². The molecule has 142 valence electrons. The van der Waals surface area contributed by atoms with Crippen LogP contribution in [0.1, 0.15) is 28.4 Å². The molecule has 4 aromatic rings. The quantitative estimate of drug-likeness (QED) is 0.300. The average Bonchev–Trinajstić information content (AvgIpc) is 3.23. The first-order chi connectivity index (χ1) is 14.2. The van der Waals surface area contributed by atoms with Gasteiger partial charge in [-0.2, -0.15) is 0 Å². The summed E-state index contributed by atoms with van der Waals surface area (Å²) in [5, 5.41) is 0. The molecule has 1 unspecified atom stereocenters. The third-order valence-electron chi connectivity index (χ3n) is 5.62. The van der Waals surface area contributed by atoms with Crippen LogP contribution in [0.2, 0.25) is 0 Å². The monoisotopic (exact) mass is 377 g/mol. The van der Waals surface area contributed by atoms with Crippen LogP contribution in [0.4, 0.5) is 11.4 Å². The van der Waals surface area contributed by atoms with Gasteiger partial charge in [-0.1, -0.05) is 60.7 Å². The zero-order valence-corrected chi connectivity index (χ0v) is 16.7. The highest BCUT2D eigenvalue weighted by molar-refractivity contribution is 5.88. The summed E-state index contributed by atoms with van der Waals surface area (Å²) in [4.78, 5) is 7.25. The van der Waals surface area contributed by atoms with Crippen LogP contribution in [0.3, 0.4) is 0 Å². The predicted molar refractivity (Wildman–Crippen MR) is 121 cm³/mol. The number of rotatable bonds is 3. The normalized spacial score (nSPS) is 15.4. The standard InChI is InChI=1S/C26H23N3/c1-19-10-8-11-20(2)25(19)27-18-29-23-15-7-6-14-22(23)28-17-9-16-24(28)26(29)21-12-4-3-5-13-21/h3-18,26H,1-2H3. The van der Waals surface area contributed by atoms with Crippen LogP contribution in [0.25, 0.3) is 5.69 Å². The minimum atomic E-state index is 0.0641. The van der Waals surface area contributed by atoms with Gasteiger partial charge in [-0.05, 0) is 54.8 Å². The van der Waals surface area contributed by atoms with Crippen LogP contribution < -0.4 is 4.90 Å². The van der Waals surface area contributed by atoms with E-state index in [-0.39, 0.29) is 6.04 Å². The third kappa shape index (κ3) is 2.95. The number of aryl methyl sites for hydroxylation is 2. The fourth-order valence-corrected chi connectivity index (χ4v) is 4.23. The molecular formula is C26H23N3. The van der Waals surface area contributed by atoms with Gasteiger partial charge < -0.3 is 9.47 Å². The van der Waals surface area contributed by atoms with Gasteiger partial charge in [-0.15, -0.1) is 0 Å². The topological polar surface area (TPSA) is 20.5 Å². The van der Waals surface area contributed by atoms with Crippen LogP contribution in [0.15, 0.2) is 96.1 Å². The van der Waals surface area contributed by atoms with Crippen molar-refractivity contribution in [2.45, 2.75) is 19.9 Å². The molecule has 0 fully saturated rings. The van der Waals surface area contributed by atoms with E-state index in [4.69, 9.17) is 4.99 Å². The lowest BCUT2D eigenvalue weighted by Gasteiger charge is -2.37. The average molecular weight is 377 g/mol. The van der Waals surface area contributed by atoms with E-state index in [2.05, 4.69) is 114 Å². The molecule has 0 saturated heterocycles. The third-order valence-corrected chi connectivity index (χ3v) is 5.62. The number of aromatic nitrogens is 1. The zero-order chi connectivity index (χ0) is 19.8. The molecule has 3 heteroatoms. The Labute approximate surface area is 171 Å². The van der Waals surface area contributed by atoms with E-state index in [1.807, 2.05) is 6.34 Å². The molecule has 0 radical (unpaired) electrons. The van der Waals surface area contributed by atoms with E-state index in [0.29, 0.717) is 0 Å². The first-order valence-corrected chi connectivity index (χ1v) is 9.94. The number of hydrogen-bond acceptors (Lipinski definition) is 1. The molecule has 0 amide bonds. The lowest BCUT2D eigenvalue weighted by Crippen LogP contribution is -2.34. The Morgan fingerprint density at radius 3 is 2.17 bits per heavy atom. The van der Waals surface area contributed by atoms with Crippen molar-refractivity contribution < 1.29 is 0 Å². The van der Waals surface area contributed by atoms with Crippen molar-refractivity contribution in [2.24, 2.45) is 4.99 Å². The van der Waals surface area contributed by atoms with E-state index in [1.165, 1.54) is 28.1 Å². The van der Waals surface area contributed by atoms with Gasteiger partial charge in [0.15, 0.2) is 0 Å². The molecule has 29 heavy (non-hydrogen) atoms.